The van der Waals surface area contributed by atoms with Crippen molar-refractivity contribution in [3.8, 4) is 0 Å². The van der Waals surface area contributed by atoms with Crippen LogP contribution in [0.3, 0.4) is 0 Å². The van der Waals surface area contributed by atoms with Gasteiger partial charge in [-0.1, -0.05) is 16.8 Å². The summed E-state index contributed by atoms with van der Waals surface area (Å²) in [4.78, 5) is 58.9. The number of carboxylic acid groups (broad SMARTS) is 1. The van der Waals surface area contributed by atoms with Crippen LogP contribution in [0.1, 0.15) is 33.0 Å². The Balaban J connectivity index is 1.60. The lowest BCUT2D eigenvalue weighted by Gasteiger charge is -2.48. The average molecular weight is 562 g/mol. The van der Waals surface area contributed by atoms with E-state index in [1.807, 2.05) is 0 Å². The maximum absolute atomic E-state index is 13.0. The van der Waals surface area contributed by atoms with Crippen molar-refractivity contribution in [3.63, 3.8) is 0 Å². The average Bonchev–Trinajstić information content (AvgIpc) is 3.20. The first-order valence-corrected chi connectivity index (χ1v) is 12.7. The highest BCUT2D eigenvalue weighted by Gasteiger charge is 2.54. The van der Waals surface area contributed by atoms with Gasteiger partial charge in [-0.25, -0.2) is 9.59 Å². The number of carbonyl (C=O) groups is 4. The lowest BCUT2D eigenvalue weighted by Crippen LogP contribution is -2.71. The second-order valence-electron chi connectivity index (χ2n) is 8.43. The molecule has 2 aliphatic heterocycles. The zero-order chi connectivity index (χ0) is 26.6. The molecule has 1 fully saturated rings. The molecule has 0 aromatic carbocycles. The van der Waals surface area contributed by atoms with Crippen LogP contribution in [0.15, 0.2) is 15.9 Å². The minimum atomic E-state index is -1.33. The van der Waals surface area contributed by atoms with E-state index in [2.05, 4.69) is 25.1 Å². The number of nitrogens with zero attached hydrogens (tertiary/aromatic N) is 4. The van der Waals surface area contributed by atoms with Gasteiger partial charge in [-0.3, -0.25) is 14.5 Å². The fourth-order valence-electron chi connectivity index (χ4n) is 3.06. The van der Waals surface area contributed by atoms with Crippen molar-refractivity contribution in [1.29, 1.82) is 0 Å². The van der Waals surface area contributed by atoms with Gasteiger partial charge in [0, 0.05) is 30.3 Å². The van der Waals surface area contributed by atoms with Gasteiger partial charge in [0.05, 0.1) is 5.03 Å². The number of rotatable bonds is 9. The highest BCUT2D eigenvalue weighted by Crippen LogP contribution is 2.41. The third kappa shape index (κ3) is 6.55. The van der Waals surface area contributed by atoms with E-state index in [1.54, 1.807) is 20.8 Å². The smallest absolute Gasteiger partial charge is 0.407 e. The number of amides is 3. The number of nitrogens with two attached hydrogens (primary N) is 1. The van der Waals surface area contributed by atoms with Gasteiger partial charge in [-0.05, 0) is 20.8 Å². The predicted octanol–water partition coefficient (Wildman–Crippen LogP) is 0.691. The van der Waals surface area contributed by atoms with E-state index >= 15 is 0 Å². The zero-order valence-corrected chi connectivity index (χ0v) is 21.8. The number of thioether (sulfide) groups is 1. The summed E-state index contributed by atoms with van der Waals surface area (Å²) in [5.41, 5.74) is 4.37. The summed E-state index contributed by atoms with van der Waals surface area (Å²) in [6.07, 6.45) is -0.223. The molecule has 5 N–H and O–H groups in total. The molecular formula is C19H24ClN7O7S2. The summed E-state index contributed by atoms with van der Waals surface area (Å²) in [5, 5.41) is 17.8. The summed E-state index contributed by atoms with van der Waals surface area (Å²) in [7, 11) is 0. The number of β-lactam (4-membered cyclic amide) rings is 1. The third-order valence-electron chi connectivity index (χ3n) is 4.52. The number of oxime groups is 1. The number of aliphatic carboxylic acids is 1. The minimum Gasteiger partial charge on any atom is -0.477 e. The first-order valence-electron chi connectivity index (χ1n) is 10.5. The first-order chi connectivity index (χ1) is 16.9. The van der Waals surface area contributed by atoms with E-state index in [-0.39, 0.29) is 46.3 Å². The lowest BCUT2D eigenvalue weighted by atomic mass is 10.0. The quantitative estimate of drug-likeness (QED) is 0.143. The number of carbonyl (C=O) groups excluding carboxylic acids is 3. The molecule has 1 unspecified atom stereocenters. The molecule has 1 saturated heterocycles. The van der Waals surface area contributed by atoms with Crippen LogP contribution in [0, 0.1) is 0 Å². The fourth-order valence-corrected chi connectivity index (χ4v) is 5.04. The van der Waals surface area contributed by atoms with Crippen molar-refractivity contribution < 1.29 is 33.9 Å². The highest BCUT2D eigenvalue weighted by molar-refractivity contribution is 8.00. The number of halogens is 1. The molecule has 3 heterocycles. The van der Waals surface area contributed by atoms with Gasteiger partial charge in [0.15, 0.2) is 5.13 Å². The molecule has 2 aliphatic rings. The summed E-state index contributed by atoms with van der Waals surface area (Å²) in [6.45, 7) is 5.51. The van der Waals surface area contributed by atoms with Crippen molar-refractivity contribution >= 4 is 69.6 Å². The van der Waals surface area contributed by atoms with Crippen LogP contribution >= 0.6 is 34.9 Å². The number of alkyl carbamates (subject to hydrolysis) is 1. The number of anilines is 1. The van der Waals surface area contributed by atoms with Crippen LogP contribution in [0.2, 0.25) is 0 Å². The normalized spacial score (nSPS) is 19.8. The van der Waals surface area contributed by atoms with Crippen LogP contribution in [0.25, 0.3) is 0 Å². The summed E-state index contributed by atoms with van der Waals surface area (Å²) in [5.74, 6) is -2.69. The molecule has 1 aromatic rings. The predicted molar refractivity (Wildman–Crippen MR) is 131 cm³/mol. The Labute approximate surface area is 218 Å². The SMILES string of the molecule is CC(C)(C)OC(=O)NCCCON=C(C(=O)NC1C(=O)N2C(C(=O)O)=C(Cl)CS[C@@H]12)c1nsc(N)n1. The number of carboxylic acids is 1. The van der Waals surface area contributed by atoms with E-state index in [0.717, 1.165) is 16.4 Å². The Morgan fingerprint density at radius 1 is 1.36 bits per heavy atom. The second-order valence-corrected chi connectivity index (χ2v) is 10.8. The first kappa shape index (κ1) is 27.5. The monoisotopic (exact) mass is 561 g/mol. The van der Waals surface area contributed by atoms with Gasteiger partial charge in [-0.15, -0.1) is 11.8 Å². The molecule has 0 radical (unpaired) electrons. The number of nitrogens with one attached hydrogen (secondary N) is 2. The number of hydrogen-bond acceptors (Lipinski definition) is 12. The van der Waals surface area contributed by atoms with Gasteiger partial charge in [0.2, 0.25) is 11.5 Å². The minimum absolute atomic E-state index is 0.0338. The van der Waals surface area contributed by atoms with Crippen molar-refractivity contribution in [2.45, 2.75) is 44.2 Å². The van der Waals surface area contributed by atoms with Gasteiger partial charge < -0.3 is 31.0 Å². The molecular weight excluding hydrogens is 538 g/mol. The number of hydrogen-bond donors (Lipinski definition) is 4. The van der Waals surface area contributed by atoms with E-state index in [0.29, 0.717) is 6.42 Å². The third-order valence-corrected chi connectivity index (χ3v) is 6.81. The van der Waals surface area contributed by atoms with Crippen LogP contribution in [-0.2, 0) is 24.0 Å². The fraction of sp³-hybridized carbons (Fsp3) is 0.526. The molecule has 0 bridgehead atoms. The van der Waals surface area contributed by atoms with Crippen LogP contribution < -0.4 is 16.4 Å². The molecule has 2 atom stereocenters. The Morgan fingerprint density at radius 2 is 2.08 bits per heavy atom. The van der Waals surface area contributed by atoms with E-state index in [4.69, 9.17) is 26.9 Å². The molecule has 14 nitrogen and oxygen atoms in total. The van der Waals surface area contributed by atoms with Gasteiger partial charge in [-0.2, -0.15) is 9.36 Å². The van der Waals surface area contributed by atoms with Crippen molar-refractivity contribution in [3.05, 3.63) is 16.6 Å². The maximum Gasteiger partial charge on any atom is 0.407 e. The Kier molecular flexibility index (Phi) is 8.63. The lowest BCUT2D eigenvalue weighted by molar-refractivity contribution is -0.150. The molecule has 3 amide bonds. The zero-order valence-electron chi connectivity index (χ0n) is 19.4. The summed E-state index contributed by atoms with van der Waals surface area (Å²) in [6, 6.07) is -1.01. The molecule has 0 spiro atoms. The molecule has 17 heteroatoms. The van der Waals surface area contributed by atoms with Crippen molar-refractivity contribution in [2.75, 3.05) is 24.6 Å². The van der Waals surface area contributed by atoms with Crippen molar-refractivity contribution in [1.82, 2.24) is 24.9 Å². The Bertz CT molecular complexity index is 1120. The molecule has 1 aromatic heterocycles. The molecule has 36 heavy (non-hydrogen) atoms. The van der Waals surface area contributed by atoms with Crippen LogP contribution in [0.4, 0.5) is 9.93 Å². The van der Waals surface area contributed by atoms with Gasteiger partial charge in [0.1, 0.15) is 29.3 Å². The molecule has 196 valence electrons. The number of nitrogen functional groups attached to an aromatic ring is 1. The van der Waals surface area contributed by atoms with E-state index in [9.17, 15) is 24.3 Å². The maximum atomic E-state index is 13.0. The Hall–Kier alpha value is -3.11. The van der Waals surface area contributed by atoms with Gasteiger partial charge in [0.25, 0.3) is 11.8 Å². The standard InChI is InChI=1S/C19H24ClN7O7S2/c1-19(2,3)34-18(32)22-5-4-6-33-25-9(12-24-17(21)36-26-12)13(28)23-10-14(29)27-11(16(30)31)8(20)7-35-15(10)27/h10,15H,4-7H2,1-3H3,(H,22,32)(H,23,28)(H,30,31)(H2,21,24,26)/t10?,15-/m0/s1. The number of ether oxygens (including phenoxy) is 1. The largest absolute Gasteiger partial charge is 0.477 e. The summed E-state index contributed by atoms with van der Waals surface area (Å²) >= 11 is 8.02. The second kappa shape index (κ2) is 11.3. The molecule has 0 aliphatic carbocycles. The Morgan fingerprint density at radius 3 is 2.69 bits per heavy atom. The van der Waals surface area contributed by atoms with Gasteiger partial charge >= 0.3 is 12.1 Å². The van der Waals surface area contributed by atoms with Crippen LogP contribution in [-0.4, -0.2) is 84.9 Å². The molecule has 0 saturated carbocycles. The highest BCUT2D eigenvalue weighted by atomic mass is 35.5. The van der Waals surface area contributed by atoms with Crippen LogP contribution in [0.5, 0.6) is 0 Å². The van der Waals surface area contributed by atoms with Crippen molar-refractivity contribution in [2.24, 2.45) is 5.16 Å². The summed E-state index contributed by atoms with van der Waals surface area (Å²) < 4.78 is 9.09. The number of aromatic nitrogens is 2. The topological polar surface area (TPSA) is 198 Å². The number of fused-ring (bicyclic) bond motifs is 1. The molecule has 3 rings (SSSR count). The van der Waals surface area contributed by atoms with E-state index < -0.39 is 40.9 Å². The van der Waals surface area contributed by atoms with E-state index in [1.165, 1.54) is 11.8 Å².